The highest BCUT2D eigenvalue weighted by molar-refractivity contribution is 5.99. The van der Waals surface area contributed by atoms with E-state index in [4.69, 9.17) is 5.73 Å². The van der Waals surface area contributed by atoms with E-state index in [0.717, 1.165) is 17.7 Å². The summed E-state index contributed by atoms with van der Waals surface area (Å²) >= 11 is 0. The average Bonchev–Trinajstić information content (AvgIpc) is 2.59. The molecule has 4 heteroatoms. The topological polar surface area (TPSA) is 68.0 Å². The normalized spacial score (nSPS) is 10.6. The van der Waals surface area contributed by atoms with Gasteiger partial charge in [-0.05, 0) is 49.1 Å². The molecule has 25 heavy (non-hydrogen) atoms. The maximum atomic E-state index is 11.6. The van der Waals surface area contributed by atoms with Gasteiger partial charge in [-0.25, -0.2) is 4.98 Å². The summed E-state index contributed by atoms with van der Waals surface area (Å²) in [6, 6.07) is 10.1. The lowest BCUT2D eigenvalue weighted by atomic mass is 10.0. The largest absolute Gasteiger partial charge is 0.365 e. The standard InChI is InChI=1S/C21H29N3O/c1-3-4-5-6-7-8-9-17-10-12-18(13-11-17)24-21-19(20(22)25)16(2)14-15-23-21/h10-15H,3-9H2,1-2H3,(H2,22,25)(H,23,24). The molecule has 134 valence electrons. The molecule has 0 unspecified atom stereocenters. The molecule has 0 aliphatic heterocycles. The van der Waals surface area contributed by atoms with Gasteiger partial charge in [0.1, 0.15) is 5.82 Å². The number of anilines is 2. The summed E-state index contributed by atoms with van der Waals surface area (Å²) in [5.74, 6) is 0.0453. The molecular weight excluding hydrogens is 310 g/mol. The smallest absolute Gasteiger partial charge is 0.252 e. The predicted octanol–water partition coefficient (Wildman–Crippen LogP) is 5.14. The number of aryl methyl sites for hydroxylation is 2. The minimum atomic E-state index is -0.465. The Hall–Kier alpha value is -2.36. The van der Waals surface area contributed by atoms with Gasteiger partial charge in [0, 0.05) is 11.9 Å². The van der Waals surface area contributed by atoms with Crippen LogP contribution in [0.15, 0.2) is 36.5 Å². The summed E-state index contributed by atoms with van der Waals surface area (Å²) in [5.41, 5.74) is 8.99. The fraction of sp³-hybridized carbons (Fsp3) is 0.429. The van der Waals surface area contributed by atoms with Gasteiger partial charge in [-0.2, -0.15) is 0 Å². The second-order valence-corrected chi connectivity index (χ2v) is 6.56. The third-order valence-electron chi connectivity index (χ3n) is 4.44. The monoisotopic (exact) mass is 339 g/mol. The zero-order chi connectivity index (χ0) is 18.1. The number of carbonyl (C=O) groups excluding carboxylic acids is 1. The molecule has 0 bridgehead atoms. The van der Waals surface area contributed by atoms with Crippen molar-refractivity contribution in [2.24, 2.45) is 5.73 Å². The quantitative estimate of drug-likeness (QED) is 0.589. The number of unbranched alkanes of at least 4 members (excludes halogenated alkanes) is 5. The van der Waals surface area contributed by atoms with Crippen molar-refractivity contribution in [3.05, 3.63) is 53.2 Å². The molecule has 0 radical (unpaired) electrons. The first-order valence-electron chi connectivity index (χ1n) is 9.23. The molecule has 2 rings (SSSR count). The van der Waals surface area contributed by atoms with Gasteiger partial charge in [0.15, 0.2) is 0 Å². The van der Waals surface area contributed by atoms with E-state index in [1.165, 1.54) is 44.1 Å². The second-order valence-electron chi connectivity index (χ2n) is 6.56. The third kappa shape index (κ3) is 5.89. The van der Waals surface area contributed by atoms with Crippen LogP contribution in [0.2, 0.25) is 0 Å². The van der Waals surface area contributed by atoms with E-state index in [1.807, 2.05) is 19.1 Å². The van der Waals surface area contributed by atoms with Gasteiger partial charge < -0.3 is 11.1 Å². The van der Waals surface area contributed by atoms with Gasteiger partial charge in [0.2, 0.25) is 0 Å². The Morgan fingerprint density at radius 2 is 1.72 bits per heavy atom. The highest BCUT2D eigenvalue weighted by Crippen LogP contribution is 2.21. The fourth-order valence-electron chi connectivity index (χ4n) is 2.96. The van der Waals surface area contributed by atoms with Crippen LogP contribution in [0.5, 0.6) is 0 Å². The Morgan fingerprint density at radius 1 is 1.04 bits per heavy atom. The van der Waals surface area contributed by atoms with Gasteiger partial charge in [-0.1, -0.05) is 51.2 Å². The van der Waals surface area contributed by atoms with Crippen LogP contribution in [-0.2, 0) is 6.42 Å². The number of nitrogens with one attached hydrogen (secondary N) is 1. The molecule has 3 N–H and O–H groups in total. The van der Waals surface area contributed by atoms with Crippen molar-refractivity contribution in [1.29, 1.82) is 0 Å². The zero-order valence-electron chi connectivity index (χ0n) is 15.3. The average molecular weight is 339 g/mol. The molecule has 1 aromatic carbocycles. The van der Waals surface area contributed by atoms with Crippen LogP contribution in [-0.4, -0.2) is 10.9 Å². The molecule has 2 aromatic rings. The molecule has 0 atom stereocenters. The van der Waals surface area contributed by atoms with Crippen molar-refractivity contribution in [2.75, 3.05) is 5.32 Å². The fourth-order valence-corrected chi connectivity index (χ4v) is 2.96. The van der Waals surface area contributed by atoms with Crippen LogP contribution >= 0.6 is 0 Å². The summed E-state index contributed by atoms with van der Waals surface area (Å²) in [6.45, 7) is 4.10. The van der Waals surface area contributed by atoms with Crippen LogP contribution in [0, 0.1) is 6.92 Å². The summed E-state index contributed by atoms with van der Waals surface area (Å²) < 4.78 is 0. The molecule has 1 heterocycles. The highest BCUT2D eigenvalue weighted by Gasteiger charge is 2.12. The molecule has 0 aliphatic rings. The third-order valence-corrected chi connectivity index (χ3v) is 4.44. The Bertz CT molecular complexity index is 680. The highest BCUT2D eigenvalue weighted by atomic mass is 16.1. The Morgan fingerprint density at radius 3 is 2.40 bits per heavy atom. The van der Waals surface area contributed by atoms with Gasteiger partial charge in [-0.15, -0.1) is 0 Å². The van der Waals surface area contributed by atoms with E-state index >= 15 is 0 Å². The molecule has 0 spiro atoms. The van der Waals surface area contributed by atoms with Crippen molar-refractivity contribution in [1.82, 2.24) is 4.98 Å². The molecule has 0 saturated heterocycles. The number of aromatic nitrogens is 1. The van der Waals surface area contributed by atoms with Crippen LogP contribution in [0.25, 0.3) is 0 Å². The lowest BCUT2D eigenvalue weighted by Crippen LogP contribution is -2.16. The van der Waals surface area contributed by atoms with E-state index in [2.05, 4.69) is 29.4 Å². The summed E-state index contributed by atoms with van der Waals surface area (Å²) in [4.78, 5) is 15.9. The molecule has 1 amide bonds. The van der Waals surface area contributed by atoms with E-state index in [9.17, 15) is 4.79 Å². The first kappa shape index (κ1) is 19.0. The molecule has 0 aliphatic carbocycles. The van der Waals surface area contributed by atoms with Crippen molar-refractivity contribution in [3.63, 3.8) is 0 Å². The molecule has 0 saturated carbocycles. The molecule has 0 fully saturated rings. The Balaban J connectivity index is 1.91. The van der Waals surface area contributed by atoms with Crippen molar-refractivity contribution >= 4 is 17.4 Å². The number of primary amides is 1. The number of nitrogens with zero attached hydrogens (tertiary/aromatic N) is 1. The predicted molar refractivity (Wildman–Crippen MR) is 104 cm³/mol. The summed E-state index contributed by atoms with van der Waals surface area (Å²) in [7, 11) is 0. The van der Waals surface area contributed by atoms with Gasteiger partial charge in [0.05, 0.1) is 5.56 Å². The van der Waals surface area contributed by atoms with E-state index in [-0.39, 0.29) is 0 Å². The summed E-state index contributed by atoms with van der Waals surface area (Å²) in [5, 5.41) is 3.20. The zero-order valence-corrected chi connectivity index (χ0v) is 15.3. The SMILES string of the molecule is CCCCCCCCc1ccc(Nc2nccc(C)c2C(N)=O)cc1. The number of carbonyl (C=O) groups is 1. The Kier molecular flexibility index (Phi) is 7.45. The van der Waals surface area contributed by atoms with Crippen LogP contribution < -0.4 is 11.1 Å². The first-order valence-corrected chi connectivity index (χ1v) is 9.23. The van der Waals surface area contributed by atoms with Crippen molar-refractivity contribution in [3.8, 4) is 0 Å². The lowest BCUT2D eigenvalue weighted by molar-refractivity contribution is 0.100. The number of nitrogens with two attached hydrogens (primary N) is 1. The number of hydrogen-bond donors (Lipinski definition) is 2. The van der Waals surface area contributed by atoms with E-state index in [0.29, 0.717) is 11.4 Å². The number of pyridine rings is 1. The van der Waals surface area contributed by atoms with Crippen molar-refractivity contribution < 1.29 is 4.79 Å². The number of rotatable bonds is 10. The molecule has 4 nitrogen and oxygen atoms in total. The van der Waals surface area contributed by atoms with Gasteiger partial charge in [0.25, 0.3) is 5.91 Å². The lowest BCUT2D eigenvalue weighted by Gasteiger charge is -2.11. The second kappa shape index (κ2) is 9.82. The van der Waals surface area contributed by atoms with E-state index in [1.54, 1.807) is 12.3 Å². The first-order chi connectivity index (χ1) is 12.1. The van der Waals surface area contributed by atoms with Crippen LogP contribution in [0.3, 0.4) is 0 Å². The van der Waals surface area contributed by atoms with E-state index < -0.39 is 5.91 Å². The van der Waals surface area contributed by atoms with Gasteiger partial charge in [-0.3, -0.25) is 4.79 Å². The minimum Gasteiger partial charge on any atom is -0.365 e. The number of benzene rings is 1. The Labute approximate surface area is 150 Å². The minimum absolute atomic E-state index is 0.443. The van der Waals surface area contributed by atoms with Gasteiger partial charge >= 0.3 is 0 Å². The maximum absolute atomic E-state index is 11.6. The summed E-state index contributed by atoms with van der Waals surface area (Å²) in [6.07, 6.45) is 10.7. The van der Waals surface area contributed by atoms with Crippen LogP contribution in [0.4, 0.5) is 11.5 Å². The number of hydrogen-bond acceptors (Lipinski definition) is 3. The van der Waals surface area contributed by atoms with Crippen LogP contribution in [0.1, 0.15) is 66.9 Å². The molecular formula is C21H29N3O. The maximum Gasteiger partial charge on any atom is 0.252 e. The number of amides is 1. The van der Waals surface area contributed by atoms with Crippen molar-refractivity contribution in [2.45, 2.75) is 58.8 Å². The molecule has 1 aromatic heterocycles.